The summed E-state index contributed by atoms with van der Waals surface area (Å²) in [6.07, 6.45) is 1.70. The second kappa shape index (κ2) is 7.91. The summed E-state index contributed by atoms with van der Waals surface area (Å²) in [6, 6.07) is 3.18. The molecule has 2 bridgehead atoms. The number of aliphatic hydroxyl groups is 1. The van der Waals surface area contributed by atoms with Gasteiger partial charge in [-0.2, -0.15) is 10.2 Å². The van der Waals surface area contributed by atoms with Gasteiger partial charge in [-0.25, -0.2) is 14.4 Å². The molecule has 5 rings (SSSR count). The summed E-state index contributed by atoms with van der Waals surface area (Å²) >= 11 is 6.48. The number of fused-ring (bicyclic) bond motifs is 4. The van der Waals surface area contributed by atoms with Crippen LogP contribution in [0.15, 0.2) is 18.3 Å². The number of nitrogens with zero attached hydrogens (tertiary/aromatic N) is 6. The average Bonchev–Trinajstić information content (AvgIpc) is 3.30. The fourth-order valence-corrected chi connectivity index (χ4v) is 4.94. The van der Waals surface area contributed by atoms with Gasteiger partial charge in [0.05, 0.1) is 47.1 Å². The molecule has 32 heavy (non-hydrogen) atoms. The van der Waals surface area contributed by atoms with Gasteiger partial charge in [-0.3, -0.25) is 14.7 Å². The highest BCUT2D eigenvalue weighted by atomic mass is 35.5. The van der Waals surface area contributed by atoms with Crippen molar-refractivity contribution in [3.63, 3.8) is 0 Å². The van der Waals surface area contributed by atoms with Crippen LogP contribution in [-0.4, -0.2) is 53.6 Å². The van der Waals surface area contributed by atoms with Crippen LogP contribution < -0.4 is 0 Å². The van der Waals surface area contributed by atoms with Gasteiger partial charge in [0, 0.05) is 24.6 Å². The van der Waals surface area contributed by atoms with Crippen LogP contribution in [0, 0.1) is 12.7 Å². The minimum atomic E-state index is -0.457. The van der Waals surface area contributed by atoms with Crippen LogP contribution in [0.2, 0.25) is 5.02 Å². The topological polar surface area (TPSA) is 95.8 Å². The first-order valence-electron chi connectivity index (χ1n) is 10.4. The maximum absolute atomic E-state index is 14.5. The van der Waals surface area contributed by atoms with E-state index in [1.165, 1.54) is 6.07 Å². The van der Waals surface area contributed by atoms with E-state index < -0.39 is 5.82 Å². The van der Waals surface area contributed by atoms with E-state index in [-0.39, 0.29) is 17.5 Å². The van der Waals surface area contributed by atoms with Crippen molar-refractivity contribution in [3.8, 4) is 11.3 Å². The number of aliphatic hydroxyl groups excluding tert-OH is 1. The lowest BCUT2D eigenvalue weighted by molar-refractivity contribution is 0.257. The van der Waals surface area contributed by atoms with Crippen LogP contribution in [-0.2, 0) is 19.6 Å². The van der Waals surface area contributed by atoms with Gasteiger partial charge in [-0.05, 0) is 31.2 Å². The van der Waals surface area contributed by atoms with E-state index in [0.717, 1.165) is 28.2 Å². The number of hydrogen-bond acceptors (Lipinski definition) is 6. The number of benzene rings is 1. The summed E-state index contributed by atoms with van der Waals surface area (Å²) in [4.78, 5) is 11.5. The van der Waals surface area contributed by atoms with Crippen molar-refractivity contribution in [1.82, 2.24) is 34.8 Å². The minimum Gasteiger partial charge on any atom is -0.394 e. The van der Waals surface area contributed by atoms with Gasteiger partial charge in [0.25, 0.3) is 0 Å². The molecule has 0 aliphatic carbocycles. The van der Waals surface area contributed by atoms with Crippen LogP contribution in [0.5, 0.6) is 0 Å². The van der Waals surface area contributed by atoms with Gasteiger partial charge in [0.1, 0.15) is 11.3 Å². The van der Waals surface area contributed by atoms with Gasteiger partial charge in [-0.1, -0.05) is 24.6 Å². The quantitative estimate of drug-likeness (QED) is 0.481. The molecule has 0 unspecified atom stereocenters. The highest BCUT2D eigenvalue weighted by Gasteiger charge is 2.27. The van der Waals surface area contributed by atoms with E-state index in [4.69, 9.17) is 16.6 Å². The monoisotopic (exact) mass is 455 g/mol. The fourth-order valence-electron chi connectivity index (χ4n) is 4.60. The fraction of sp³-hybridized carbons (Fsp3) is 0.364. The lowest BCUT2D eigenvalue weighted by Gasteiger charge is -2.24. The molecule has 1 atom stereocenters. The standard InChI is InChI=1S/C22H23ClFN7O/c1-11-17-13(4-5-14(24)19(17)23)9-30(3)10-16-18(12(2)29-31(16)6-7-32)15-8-25-22-21(26-15)20(11)27-28-22/h4-5,8,11,32H,6-7,9-10H2,1-3H3,(H,25,27,28)/t11-/m1/s1. The molecule has 0 saturated carbocycles. The average molecular weight is 456 g/mol. The third-order valence-electron chi connectivity index (χ3n) is 6.04. The van der Waals surface area contributed by atoms with Crippen molar-refractivity contribution in [2.45, 2.75) is 39.4 Å². The first-order valence-corrected chi connectivity index (χ1v) is 10.8. The molecule has 0 fully saturated rings. The highest BCUT2D eigenvalue weighted by molar-refractivity contribution is 6.31. The largest absolute Gasteiger partial charge is 0.394 e. The molecular weight excluding hydrogens is 433 g/mol. The van der Waals surface area contributed by atoms with Crippen LogP contribution in [0.1, 0.15) is 41.1 Å². The van der Waals surface area contributed by atoms with Crippen LogP contribution in [0.4, 0.5) is 4.39 Å². The summed E-state index contributed by atoms with van der Waals surface area (Å²) in [7, 11) is 1.99. The van der Waals surface area contributed by atoms with Crippen molar-refractivity contribution in [2.24, 2.45) is 0 Å². The Kier molecular flexibility index (Phi) is 5.19. The lowest BCUT2D eigenvalue weighted by Crippen LogP contribution is -2.22. The third kappa shape index (κ3) is 3.28. The van der Waals surface area contributed by atoms with Crippen molar-refractivity contribution in [1.29, 1.82) is 0 Å². The number of H-pyrrole nitrogens is 1. The molecule has 8 nitrogen and oxygen atoms in total. The third-order valence-corrected chi connectivity index (χ3v) is 6.42. The summed E-state index contributed by atoms with van der Waals surface area (Å²) in [6.45, 7) is 5.36. The summed E-state index contributed by atoms with van der Waals surface area (Å²) in [5.74, 6) is -0.727. The molecule has 1 aliphatic heterocycles. The molecule has 0 radical (unpaired) electrons. The SMILES string of the molecule is Cc1nn(CCO)c2c1-c1cnc3n[nH]c(c3n1)[C@H](C)c1c(ccc(F)c1Cl)CN(C)C2. The molecule has 0 saturated heterocycles. The summed E-state index contributed by atoms with van der Waals surface area (Å²) in [5, 5.41) is 21.7. The second-order valence-corrected chi connectivity index (χ2v) is 8.62. The number of nitrogens with one attached hydrogen (secondary N) is 1. The van der Waals surface area contributed by atoms with Crippen molar-refractivity contribution >= 4 is 22.8 Å². The Hall–Kier alpha value is -2.88. The van der Waals surface area contributed by atoms with Crippen LogP contribution in [0.3, 0.4) is 0 Å². The van der Waals surface area contributed by atoms with Crippen LogP contribution >= 0.6 is 11.6 Å². The smallest absolute Gasteiger partial charge is 0.199 e. The zero-order valence-corrected chi connectivity index (χ0v) is 18.8. The molecule has 2 N–H and O–H groups in total. The zero-order valence-electron chi connectivity index (χ0n) is 18.0. The molecule has 0 amide bonds. The predicted molar refractivity (Wildman–Crippen MR) is 119 cm³/mol. The minimum absolute atomic E-state index is 0.0247. The first-order chi connectivity index (χ1) is 15.4. The van der Waals surface area contributed by atoms with Gasteiger partial charge in [0.15, 0.2) is 5.65 Å². The molecular formula is C22H23ClFN7O. The van der Waals surface area contributed by atoms with E-state index in [1.54, 1.807) is 12.3 Å². The van der Waals surface area contributed by atoms with E-state index >= 15 is 0 Å². The Morgan fingerprint density at radius 1 is 1.31 bits per heavy atom. The van der Waals surface area contributed by atoms with E-state index in [0.29, 0.717) is 42.1 Å². The highest BCUT2D eigenvalue weighted by Crippen LogP contribution is 2.38. The number of aromatic amines is 1. The van der Waals surface area contributed by atoms with Gasteiger partial charge in [0.2, 0.25) is 0 Å². The first kappa shape index (κ1) is 21.0. The Morgan fingerprint density at radius 3 is 2.91 bits per heavy atom. The molecule has 0 spiro atoms. The number of hydrogen-bond donors (Lipinski definition) is 2. The lowest BCUT2D eigenvalue weighted by atomic mass is 9.91. The van der Waals surface area contributed by atoms with E-state index in [9.17, 15) is 9.50 Å². The molecule has 166 valence electrons. The van der Waals surface area contributed by atoms with Crippen molar-refractivity contribution in [2.75, 3.05) is 13.7 Å². The number of halogens is 2. The van der Waals surface area contributed by atoms with Crippen molar-refractivity contribution in [3.05, 3.63) is 57.4 Å². The molecule has 1 aliphatic rings. The predicted octanol–water partition coefficient (Wildman–Crippen LogP) is 3.41. The van der Waals surface area contributed by atoms with Gasteiger partial charge < -0.3 is 5.11 Å². The Labute approximate surface area is 189 Å². The molecule has 4 heterocycles. The zero-order chi connectivity index (χ0) is 22.6. The van der Waals surface area contributed by atoms with Crippen molar-refractivity contribution < 1.29 is 9.50 Å². The maximum Gasteiger partial charge on any atom is 0.199 e. The van der Waals surface area contributed by atoms with Gasteiger partial charge in [-0.15, -0.1) is 0 Å². The second-order valence-electron chi connectivity index (χ2n) is 8.25. The molecule has 4 aromatic rings. The van der Waals surface area contributed by atoms with E-state index in [2.05, 4.69) is 25.2 Å². The Bertz CT molecular complexity index is 1330. The van der Waals surface area contributed by atoms with Crippen LogP contribution in [0.25, 0.3) is 22.4 Å². The molecule has 10 heteroatoms. The maximum atomic E-state index is 14.5. The summed E-state index contributed by atoms with van der Waals surface area (Å²) < 4.78 is 16.3. The number of aromatic nitrogens is 6. The normalized spacial score (nSPS) is 16.6. The number of aryl methyl sites for hydroxylation is 1. The molecule has 3 aromatic heterocycles. The van der Waals surface area contributed by atoms with E-state index in [1.807, 2.05) is 25.6 Å². The summed E-state index contributed by atoms with van der Waals surface area (Å²) in [5.41, 5.74) is 6.80. The van der Waals surface area contributed by atoms with Gasteiger partial charge >= 0.3 is 0 Å². The Morgan fingerprint density at radius 2 is 2.12 bits per heavy atom. The molecule has 1 aromatic carbocycles. The Balaban J connectivity index is 1.81. The number of rotatable bonds is 2.